The Kier molecular flexibility index (Phi) is 9.75. The minimum absolute atomic E-state index is 0.0000921. The fraction of sp³-hybridized carbons (Fsp3) is 0.378. The molecule has 250 valence electrons. The quantitative estimate of drug-likeness (QED) is 0.125. The molecule has 0 radical (unpaired) electrons. The average molecular weight is 650 g/mol. The second kappa shape index (κ2) is 14.3. The number of carbonyl (C=O) groups excluding carboxylic acids is 3. The molecule has 2 aromatic heterocycles. The molecule has 3 N–H and O–H groups in total. The number of fused-ring (bicyclic) bond motifs is 6. The van der Waals surface area contributed by atoms with Crippen LogP contribution in [-0.2, 0) is 34.1 Å². The van der Waals surface area contributed by atoms with Crippen molar-refractivity contribution in [3.05, 3.63) is 65.9 Å². The highest BCUT2D eigenvalue weighted by Crippen LogP contribution is 2.42. The van der Waals surface area contributed by atoms with Gasteiger partial charge in [0.05, 0.1) is 42.6 Å². The predicted octanol–water partition coefficient (Wildman–Crippen LogP) is 6.08. The van der Waals surface area contributed by atoms with Crippen molar-refractivity contribution in [3.63, 3.8) is 0 Å². The first-order chi connectivity index (χ1) is 23.3. The summed E-state index contributed by atoms with van der Waals surface area (Å²) in [5.74, 6) is 2.27. The lowest BCUT2D eigenvalue weighted by Crippen LogP contribution is -2.42. The molecule has 0 aliphatic carbocycles. The zero-order valence-electron chi connectivity index (χ0n) is 28.1. The molecule has 0 saturated carbocycles. The summed E-state index contributed by atoms with van der Waals surface area (Å²) in [6.45, 7) is 9.99. The number of hydrogen-bond acceptors (Lipinski definition) is 6. The van der Waals surface area contributed by atoms with Gasteiger partial charge in [0.15, 0.2) is 0 Å². The number of imidazole rings is 2. The average Bonchev–Trinajstić information content (AvgIpc) is 3.75. The standard InChI is InChI=1S/C37H43N7O4/c1-5-8-35(46)43(13-6-2)19-34-40-30-12-10-24-15-29-27-11-9-25(14-26(27)21-48-32(29)16-28(24)37(30)42-34)31-17-39-33(41-31)20-44(23(4)7-3)36(47)18-38-22-45/h9-12,14-17,22-23H,5-8,13,18-21H2,1-4H3,(H,38,45)(H,39,41)(H,40,42)/t23-/m0/s1. The highest BCUT2D eigenvalue weighted by molar-refractivity contribution is 6.07. The third-order valence-electron chi connectivity index (χ3n) is 9.09. The van der Waals surface area contributed by atoms with E-state index < -0.39 is 0 Å². The number of carbonyl (C=O) groups is 3. The topological polar surface area (TPSA) is 136 Å². The van der Waals surface area contributed by atoms with E-state index in [0.29, 0.717) is 44.9 Å². The van der Waals surface area contributed by atoms with E-state index in [1.165, 1.54) is 0 Å². The molecule has 6 rings (SSSR count). The molecule has 3 amide bonds. The van der Waals surface area contributed by atoms with Gasteiger partial charge in [-0.3, -0.25) is 14.4 Å². The maximum absolute atomic E-state index is 12.7. The Hall–Kier alpha value is -5.19. The molecule has 0 bridgehead atoms. The Balaban J connectivity index is 1.25. The molecule has 5 aromatic rings. The smallest absolute Gasteiger partial charge is 0.242 e. The molecule has 0 fully saturated rings. The first-order valence-corrected chi connectivity index (χ1v) is 16.8. The molecule has 1 aliphatic rings. The number of amides is 3. The largest absolute Gasteiger partial charge is 0.488 e. The van der Waals surface area contributed by atoms with E-state index in [2.05, 4.69) is 69.7 Å². The van der Waals surface area contributed by atoms with Crippen molar-refractivity contribution in [2.75, 3.05) is 13.1 Å². The summed E-state index contributed by atoms with van der Waals surface area (Å²) in [7, 11) is 0. The second-order valence-corrected chi connectivity index (χ2v) is 12.5. The highest BCUT2D eigenvalue weighted by atomic mass is 16.5. The maximum Gasteiger partial charge on any atom is 0.242 e. The third kappa shape index (κ3) is 6.62. The number of nitrogens with one attached hydrogen (secondary N) is 3. The van der Waals surface area contributed by atoms with Crippen molar-refractivity contribution in [3.8, 4) is 28.1 Å². The summed E-state index contributed by atoms with van der Waals surface area (Å²) in [6, 6.07) is 14.7. The lowest BCUT2D eigenvalue weighted by molar-refractivity contribution is -0.134. The number of aromatic amines is 2. The van der Waals surface area contributed by atoms with E-state index in [1.807, 2.05) is 25.7 Å². The van der Waals surface area contributed by atoms with E-state index in [-0.39, 0.29) is 24.4 Å². The summed E-state index contributed by atoms with van der Waals surface area (Å²) in [4.78, 5) is 56.1. The van der Waals surface area contributed by atoms with Gasteiger partial charge in [0, 0.05) is 30.0 Å². The van der Waals surface area contributed by atoms with Gasteiger partial charge in [-0.05, 0) is 72.5 Å². The maximum atomic E-state index is 12.7. The fourth-order valence-electron chi connectivity index (χ4n) is 6.39. The molecule has 1 aliphatic heterocycles. The van der Waals surface area contributed by atoms with Crippen LogP contribution in [0.5, 0.6) is 5.75 Å². The van der Waals surface area contributed by atoms with Crippen LogP contribution in [-0.4, -0.2) is 67.1 Å². The molecule has 1 atom stereocenters. The van der Waals surface area contributed by atoms with Crippen molar-refractivity contribution in [2.24, 2.45) is 0 Å². The first-order valence-electron chi connectivity index (χ1n) is 16.8. The van der Waals surface area contributed by atoms with E-state index in [9.17, 15) is 14.4 Å². The molecule has 11 heteroatoms. The van der Waals surface area contributed by atoms with Gasteiger partial charge in [0.2, 0.25) is 18.2 Å². The molecule has 3 heterocycles. The molecule has 48 heavy (non-hydrogen) atoms. The molecule has 0 saturated heterocycles. The molecular formula is C37H43N7O4. The molecule has 0 spiro atoms. The van der Waals surface area contributed by atoms with Crippen molar-refractivity contribution in [1.82, 2.24) is 35.1 Å². The Bertz CT molecular complexity index is 1960. The first kappa shape index (κ1) is 32.7. The van der Waals surface area contributed by atoms with Crippen molar-refractivity contribution in [2.45, 2.75) is 79.1 Å². The summed E-state index contributed by atoms with van der Waals surface area (Å²) >= 11 is 0. The number of H-pyrrole nitrogens is 2. The van der Waals surface area contributed by atoms with Gasteiger partial charge in [-0.2, -0.15) is 0 Å². The van der Waals surface area contributed by atoms with Crippen molar-refractivity contribution in [1.29, 1.82) is 0 Å². The third-order valence-corrected chi connectivity index (χ3v) is 9.09. The Labute approximate surface area is 280 Å². The number of hydrogen-bond donors (Lipinski definition) is 3. The predicted molar refractivity (Wildman–Crippen MR) is 186 cm³/mol. The Morgan fingerprint density at radius 1 is 1.00 bits per heavy atom. The van der Waals surface area contributed by atoms with Crippen LogP contribution in [0.3, 0.4) is 0 Å². The SMILES string of the molecule is CCCC(=O)N(CCC)Cc1nc2c(ccc3cc4c(cc32)OCc2cc(-c3cnc(CN(C(=O)CNC=O)[C@@H](C)CC)[nH]3)ccc2-4)[nH]1. The number of aromatic nitrogens is 4. The molecule has 0 unspecified atom stereocenters. The number of nitrogens with zero attached hydrogens (tertiary/aromatic N) is 4. The van der Waals surface area contributed by atoms with Crippen LogP contribution in [0.1, 0.15) is 70.6 Å². The van der Waals surface area contributed by atoms with E-state index >= 15 is 0 Å². The van der Waals surface area contributed by atoms with E-state index in [4.69, 9.17) is 9.72 Å². The Morgan fingerprint density at radius 2 is 1.85 bits per heavy atom. The van der Waals surface area contributed by atoms with Crippen molar-refractivity contribution < 1.29 is 19.1 Å². The lowest BCUT2D eigenvalue weighted by atomic mass is 9.92. The zero-order valence-corrected chi connectivity index (χ0v) is 28.1. The van der Waals surface area contributed by atoms with Gasteiger partial charge in [-0.25, -0.2) is 9.97 Å². The monoisotopic (exact) mass is 649 g/mol. The minimum atomic E-state index is -0.155. The molecule has 3 aromatic carbocycles. The van der Waals surface area contributed by atoms with Gasteiger partial charge in [0.25, 0.3) is 0 Å². The van der Waals surface area contributed by atoms with Gasteiger partial charge in [-0.1, -0.05) is 39.0 Å². The van der Waals surface area contributed by atoms with Crippen LogP contribution < -0.4 is 10.1 Å². The number of rotatable bonds is 14. The van der Waals surface area contributed by atoms with Crippen molar-refractivity contribution >= 4 is 40.0 Å². The van der Waals surface area contributed by atoms with Crippen LogP contribution in [0.15, 0.2) is 48.7 Å². The van der Waals surface area contributed by atoms with Crippen LogP contribution >= 0.6 is 0 Å². The van der Waals surface area contributed by atoms with Crippen LogP contribution in [0, 0.1) is 0 Å². The number of benzene rings is 3. The van der Waals surface area contributed by atoms with Gasteiger partial charge < -0.3 is 29.8 Å². The lowest BCUT2D eigenvalue weighted by Gasteiger charge is -2.27. The number of ether oxygens (including phenoxy) is 1. The van der Waals surface area contributed by atoms with Gasteiger partial charge >= 0.3 is 0 Å². The van der Waals surface area contributed by atoms with Crippen LogP contribution in [0.25, 0.3) is 44.2 Å². The van der Waals surface area contributed by atoms with Crippen LogP contribution in [0.4, 0.5) is 0 Å². The molecule has 11 nitrogen and oxygen atoms in total. The Morgan fingerprint density at radius 3 is 2.62 bits per heavy atom. The van der Waals surface area contributed by atoms with Gasteiger partial charge in [-0.15, -0.1) is 0 Å². The minimum Gasteiger partial charge on any atom is -0.488 e. The summed E-state index contributed by atoms with van der Waals surface area (Å²) < 4.78 is 6.32. The summed E-state index contributed by atoms with van der Waals surface area (Å²) in [6.07, 6.45) is 5.38. The van der Waals surface area contributed by atoms with Gasteiger partial charge in [0.1, 0.15) is 24.0 Å². The highest BCUT2D eigenvalue weighted by Gasteiger charge is 2.23. The summed E-state index contributed by atoms with van der Waals surface area (Å²) in [5.41, 5.74) is 6.86. The second-order valence-electron chi connectivity index (χ2n) is 12.5. The van der Waals surface area contributed by atoms with Crippen LogP contribution in [0.2, 0.25) is 0 Å². The normalized spacial score (nSPS) is 12.7. The van der Waals surface area contributed by atoms with E-state index in [1.54, 1.807) is 11.1 Å². The summed E-state index contributed by atoms with van der Waals surface area (Å²) in [5, 5.41) is 4.54. The zero-order chi connectivity index (χ0) is 33.8. The van der Waals surface area contributed by atoms with E-state index in [0.717, 1.165) is 80.6 Å². The molecular weight excluding hydrogens is 606 g/mol. The fourth-order valence-corrected chi connectivity index (χ4v) is 6.39.